The largest absolute Gasteiger partial charge is 0.467 e. The molecule has 0 unspecified atom stereocenters. The molecule has 2 rings (SSSR count). The lowest BCUT2D eigenvalue weighted by atomic mass is 10.1. The molecule has 4 nitrogen and oxygen atoms in total. The van der Waals surface area contributed by atoms with Gasteiger partial charge in [-0.2, -0.15) is 0 Å². The van der Waals surface area contributed by atoms with E-state index in [4.69, 9.17) is 4.74 Å². The van der Waals surface area contributed by atoms with Crippen LogP contribution in [0.25, 0.3) is 11.3 Å². The minimum Gasteiger partial charge on any atom is -0.467 e. The number of alkyl halides is 2. The number of halogens is 5. The molecule has 130 valence electrons. The molecule has 0 spiro atoms. The fraction of sp³-hybridized carbons (Fsp3) is 0.267. The van der Waals surface area contributed by atoms with Crippen LogP contribution in [0.5, 0.6) is 5.75 Å². The highest BCUT2D eigenvalue weighted by Gasteiger charge is 2.20. The predicted molar refractivity (Wildman–Crippen MR) is 82.3 cm³/mol. The number of hydrogen-bond acceptors (Lipinski definition) is 3. The van der Waals surface area contributed by atoms with E-state index in [1.165, 1.54) is 19.2 Å². The van der Waals surface area contributed by atoms with Crippen LogP contribution in [0.2, 0.25) is 0 Å². The lowest BCUT2D eigenvalue weighted by Crippen LogP contribution is -2.25. The second kappa shape index (κ2) is 7.80. The van der Waals surface area contributed by atoms with Gasteiger partial charge in [0.15, 0.2) is 6.79 Å². The van der Waals surface area contributed by atoms with Crippen molar-refractivity contribution in [3.8, 4) is 17.0 Å². The number of ether oxygens (including phenoxy) is 2. The molecule has 0 saturated heterocycles. The van der Waals surface area contributed by atoms with Crippen molar-refractivity contribution in [3.05, 3.63) is 50.7 Å². The minimum atomic E-state index is -2.87. The molecule has 0 aliphatic rings. The van der Waals surface area contributed by atoms with Crippen molar-refractivity contribution in [3.63, 3.8) is 0 Å². The van der Waals surface area contributed by atoms with Gasteiger partial charge in [-0.25, -0.2) is 17.6 Å². The summed E-state index contributed by atoms with van der Waals surface area (Å²) in [6, 6.07) is 4.20. The molecule has 9 heteroatoms. The third-order valence-corrected chi connectivity index (χ3v) is 3.67. The summed E-state index contributed by atoms with van der Waals surface area (Å²) in [5.41, 5.74) is -1.70. The maximum atomic E-state index is 14.3. The van der Waals surface area contributed by atoms with E-state index in [1.807, 2.05) is 0 Å². The van der Waals surface area contributed by atoms with E-state index in [0.717, 1.165) is 12.1 Å². The Morgan fingerprint density at radius 2 is 1.83 bits per heavy atom. The van der Waals surface area contributed by atoms with Crippen molar-refractivity contribution >= 4 is 15.9 Å². The Balaban J connectivity index is 2.60. The monoisotopic (exact) mass is 409 g/mol. The molecule has 0 N–H and O–H groups in total. The standard InChI is InChI=1S/C15H12BrF4NO3/c1-23-7-24-8-4-10(17)14(11(18)5-8)12-3-2-9(16)15(22)21(12)6-13(19)20/h2-5,13H,6-7H2,1H3. The van der Waals surface area contributed by atoms with Gasteiger partial charge >= 0.3 is 0 Å². The summed E-state index contributed by atoms with van der Waals surface area (Å²) in [6.45, 7) is -1.21. The lowest BCUT2D eigenvalue weighted by molar-refractivity contribution is 0.0507. The summed E-state index contributed by atoms with van der Waals surface area (Å²) >= 11 is 2.92. The predicted octanol–water partition coefficient (Wildman–Crippen LogP) is 3.80. The maximum absolute atomic E-state index is 14.3. The van der Waals surface area contributed by atoms with Gasteiger partial charge in [0.05, 0.1) is 22.3 Å². The van der Waals surface area contributed by atoms with Crippen molar-refractivity contribution in [2.45, 2.75) is 13.0 Å². The van der Waals surface area contributed by atoms with Crippen LogP contribution in [0.3, 0.4) is 0 Å². The Labute approximate surface area is 142 Å². The molecule has 0 aliphatic heterocycles. The first-order valence-electron chi connectivity index (χ1n) is 6.63. The quantitative estimate of drug-likeness (QED) is 0.538. The van der Waals surface area contributed by atoms with Crippen molar-refractivity contribution in [2.24, 2.45) is 0 Å². The molecular formula is C15H12BrF4NO3. The molecule has 1 heterocycles. The first-order chi connectivity index (χ1) is 11.3. The molecule has 1 aromatic carbocycles. The zero-order chi connectivity index (χ0) is 17.9. The molecule has 0 amide bonds. The normalized spacial score (nSPS) is 11.1. The molecule has 0 radical (unpaired) electrons. The maximum Gasteiger partial charge on any atom is 0.265 e. The fourth-order valence-corrected chi connectivity index (χ4v) is 2.44. The van der Waals surface area contributed by atoms with Crippen molar-refractivity contribution in [1.82, 2.24) is 4.57 Å². The Hall–Kier alpha value is -1.87. The Kier molecular flexibility index (Phi) is 6.00. The number of hydrogen-bond donors (Lipinski definition) is 0. The van der Waals surface area contributed by atoms with Gasteiger partial charge < -0.3 is 14.0 Å². The topological polar surface area (TPSA) is 40.5 Å². The highest BCUT2D eigenvalue weighted by atomic mass is 79.9. The zero-order valence-electron chi connectivity index (χ0n) is 12.4. The minimum absolute atomic E-state index is 0.00719. The molecule has 24 heavy (non-hydrogen) atoms. The zero-order valence-corrected chi connectivity index (χ0v) is 13.9. The van der Waals surface area contributed by atoms with E-state index in [1.54, 1.807) is 0 Å². The first-order valence-corrected chi connectivity index (χ1v) is 7.43. The van der Waals surface area contributed by atoms with E-state index < -0.39 is 35.7 Å². The number of benzene rings is 1. The van der Waals surface area contributed by atoms with Crippen LogP contribution in [0.4, 0.5) is 17.6 Å². The fourth-order valence-electron chi connectivity index (χ4n) is 2.09. The lowest BCUT2D eigenvalue weighted by Gasteiger charge is -2.15. The van der Waals surface area contributed by atoms with Crippen LogP contribution in [0, 0.1) is 11.6 Å². The summed E-state index contributed by atoms with van der Waals surface area (Å²) < 4.78 is 64.3. The summed E-state index contributed by atoms with van der Waals surface area (Å²) in [5, 5.41) is 0. The summed E-state index contributed by atoms with van der Waals surface area (Å²) in [7, 11) is 1.34. The van der Waals surface area contributed by atoms with Crippen LogP contribution in [-0.2, 0) is 11.3 Å². The summed E-state index contributed by atoms with van der Waals surface area (Å²) in [6.07, 6.45) is -2.87. The van der Waals surface area contributed by atoms with Crippen LogP contribution >= 0.6 is 15.9 Å². The average molecular weight is 410 g/mol. The van der Waals surface area contributed by atoms with E-state index in [0.29, 0.717) is 4.57 Å². The van der Waals surface area contributed by atoms with Gasteiger partial charge in [-0.15, -0.1) is 0 Å². The van der Waals surface area contributed by atoms with Crippen LogP contribution in [0.15, 0.2) is 33.5 Å². The van der Waals surface area contributed by atoms with E-state index >= 15 is 0 Å². The van der Waals surface area contributed by atoms with Gasteiger partial charge in [0.2, 0.25) is 0 Å². The molecule has 1 aromatic heterocycles. The Morgan fingerprint density at radius 3 is 2.38 bits per heavy atom. The number of methoxy groups -OCH3 is 1. The van der Waals surface area contributed by atoms with Gasteiger partial charge in [-0.1, -0.05) is 0 Å². The number of pyridine rings is 1. The van der Waals surface area contributed by atoms with E-state index in [2.05, 4.69) is 20.7 Å². The molecule has 0 bridgehead atoms. The second-order valence-corrected chi connectivity index (χ2v) is 5.54. The van der Waals surface area contributed by atoms with Gasteiger partial charge in [0.25, 0.3) is 12.0 Å². The smallest absolute Gasteiger partial charge is 0.265 e. The van der Waals surface area contributed by atoms with Gasteiger partial charge in [-0.05, 0) is 28.1 Å². The second-order valence-electron chi connectivity index (χ2n) is 4.69. The highest BCUT2D eigenvalue weighted by molar-refractivity contribution is 9.10. The highest BCUT2D eigenvalue weighted by Crippen LogP contribution is 2.30. The van der Waals surface area contributed by atoms with E-state index in [-0.39, 0.29) is 22.7 Å². The summed E-state index contributed by atoms with van der Waals surface area (Å²) in [5.74, 6) is -2.23. The van der Waals surface area contributed by atoms with Gasteiger partial charge in [0, 0.05) is 19.2 Å². The molecule has 0 atom stereocenters. The molecule has 0 saturated carbocycles. The van der Waals surface area contributed by atoms with E-state index in [9.17, 15) is 22.4 Å². The number of nitrogens with zero attached hydrogens (tertiary/aromatic N) is 1. The van der Waals surface area contributed by atoms with Crippen molar-refractivity contribution in [2.75, 3.05) is 13.9 Å². The first kappa shape index (κ1) is 18.5. The van der Waals surface area contributed by atoms with Crippen LogP contribution < -0.4 is 10.3 Å². The van der Waals surface area contributed by atoms with Crippen LogP contribution in [0.1, 0.15) is 0 Å². The van der Waals surface area contributed by atoms with Crippen molar-refractivity contribution in [1.29, 1.82) is 0 Å². The Morgan fingerprint density at radius 1 is 1.21 bits per heavy atom. The Bertz CT molecular complexity index is 772. The third-order valence-electron chi connectivity index (χ3n) is 3.06. The third kappa shape index (κ3) is 3.96. The molecular weight excluding hydrogens is 398 g/mol. The van der Waals surface area contributed by atoms with Crippen LogP contribution in [-0.4, -0.2) is 24.9 Å². The van der Waals surface area contributed by atoms with Crippen molar-refractivity contribution < 1.29 is 27.0 Å². The molecule has 0 aliphatic carbocycles. The molecule has 0 fully saturated rings. The number of aromatic nitrogens is 1. The SMILES string of the molecule is COCOc1cc(F)c(-c2ccc(Br)c(=O)n2CC(F)F)c(F)c1. The van der Waals surface area contributed by atoms with Gasteiger partial charge in [0.1, 0.15) is 17.4 Å². The summed E-state index contributed by atoms with van der Waals surface area (Å²) in [4.78, 5) is 12.0. The van der Waals surface area contributed by atoms with Gasteiger partial charge in [-0.3, -0.25) is 4.79 Å². The molecule has 2 aromatic rings. The average Bonchev–Trinajstić information content (AvgIpc) is 2.51. The number of rotatable bonds is 6.